The molecule has 0 radical (unpaired) electrons. The van der Waals surface area contributed by atoms with Crippen molar-refractivity contribution in [2.45, 2.75) is 26.7 Å². The summed E-state index contributed by atoms with van der Waals surface area (Å²) in [6.07, 6.45) is 1.74. The highest BCUT2D eigenvalue weighted by Gasteiger charge is 2.04. The molecular formula is C13H14BrN3. The molecule has 0 saturated carbocycles. The number of nitrogens with zero attached hydrogens (tertiary/aromatic N) is 3. The summed E-state index contributed by atoms with van der Waals surface area (Å²) in [5.74, 6) is 0.809. The van der Waals surface area contributed by atoms with Crippen molar-refractivity contribution in [1.82, 2.24) is 15.2 Å². The molecule has 17 heavy (non-hydrogen) atoms. The van der Waals surface area contributed by atoms with Gasteiger partial charge >= 0.3 is 0 Å². The van der Waals surface area contributed by atoms with Crippen LogP contribution in [-0.2, 0) is 12.8 Å². The van der Waals surface area contributed by atoms with Crippen LogP contribution in [0.5, 0.6) is 0 Å². The molecule has 2 rings (SSSR count). The quantitative estimate of drug-likeness (QED) is 0.872. The predicted octanol–water partition coefficient (Wildman–Crippen LogP) is 3.04. The van der Waals surface area contributed by atoms with Crippen molar-refractivity contribution in [3.05, 3.63) is 51.5 Å². The Labute approximate surface area is 109 Å². The Morgan fingerprint density at radius 2 is 1.76 bits per heavy atom. The van der Waals surface area contributed by atoms with Crippen molar-refractivity contribution >= 4 is 15.9 Å². The highest BCUT2D eigenvalue weighted by Crippen LogP contribution is 2.17. The molecule has 1 aromatic carbocycles. The molecule has 0 saturated heterocycles. The maximum Gasteiger partial charge on any atom is 0.151 e. The molecule has 1 heterocycles. The fourth-order valence-corrected chi connectivity index (χ4v) is 2.04. The third kappa shape index (κ3) is 3.09. The summed E-state index contributed by atoms with van der Waals surface area (Å²) in [7, 11) is 0. The number of benzene rings is 1. The Morgan fingerprint density at radius 3 is 2.47 bits per heavy atom. The zero-order valence-electron chi connectivity index (χ0n) is 9.94. The number of hydrogen-bond acceptors (Lipinski definition) is 3. The zero-order chi connectivity index (χ0) is 12.3. The molecule has 1 aromatic heterocycles. The summed E-state index contributed by atoms with van der Waals surface area (Å²) in [5, 5.41) is 8.20. The van der Waals surface area contributed by atoms with Crippen molar-refractivity contribution in [2.75, 3.05) is 0 Å². The van der Waals surface area contributed by atoms with Crippen molar-refractivity contribution in [1.29, 1.82) is 0 Å². The van der Waals surface area contributed by atoms with Gasteiger partial charge in [-0.15, -0.1) is 5.10 Å². The second-order valence-corrected chi connectivity index (χ2v) is 4.84. The van der Waals surface area contributed by atoms with E-state index in [2.05, 4.69) is 43.2 Å². The second-order valence-electron chi connectivity index (χ2n) is 3.99. The molecule has 0 aliphatic rings. The van der Waals surface area contributed by atoms with E-state index < -0.39 is 0 Å². The van der Waals surface area contributed by atoms with Crippen molar-refractivity contribution in [3.63, 3.8) is 0 Å². The van der Waals surface area contributed by atoms with Crippen LogP contribution in [0.4, 0.5) is 0 Å². The first-order chi connectivity index (χ1) is 8.16. The monoisotopic (exact) mass is 291 g/mol. The molecule has 0 unspecified atom stereocenters. The maximum absolute atomic E-state index is 4.43. The number of aromatic nitrogens is 3. The average molecular weight is 292 g/mol. The van der Waals surface area contributed by atoms with Crippen LogP contribution in [0.2, 0.25) is 0 Å². The minimum Gasteiger partial charge on any atom is -0.234 e. The number of halogens is 1. The molecule has 0 atom stereocenters. The van der Waals surface area contributed by atoms with E-state index in [-0.39, 0.29) is 0 Å². The van der Waals surface area contributed by atoms with Crippen LogP contribution in [0, 0.1) is 13.8 Å². The Hall–Kier alpha value is -1.29. The minimum atomic E-state index is 0.809. The topological polar surface area (TPSA) is 38.7 Å². The summed E-state index contributed by atoms with van der Waals surface area (Å²) >= 11 is 3.54. The third-order valence-corrected chi connectivity index (χ3v) is 3.49. The van der Waals surface area contributed by atoms with Gasteiger partial charge in [0.15, 0.2) is 5.82 Å². The van der Waals surface area contributed by atoms with Gasteiger partial charge in [-0.2, -0.15) is 5.10 Å². The first kappa shape index (κ1) is 12.2. The molecule has 4 heteroatoms. The molecule has 0 aliphatic carbocycles. The van der Waals surface area contributed by atoms with Crippen LogP contribution < -0.4 is 0 Å². The average Bonchev–Trinajstić information content (AvgIpc) is 2.32. The van der Waals surface area contributed by atoms with E-state index in [1.807, 2.05) is 26.0 Å². The van der Waals surface area contributed by atoms with Crippen LogP contribution in [-0.4, -0.2) is 15.2 Å². The Kier molecular flexibility index (Phi) is 3.84. The van der Waals surface area contributed by atoms with E-state index in [0.29, 0.717) is 0 Å². The molecule has 0 amide bonds. The van der Waals surface area contributed by atoms with Crippen LogP contribution in [0.1, 0.15) is 22.8 Å². The summed E-state index contributed by atoms with van der Waals surface area (Å²) < 4.78 is 1.14. The first-order valence-electron chi connectivity index (χ1n) is 5.57. The molecule has 0 spiro atoms. The summed E-state index contributed by atoms with van der Waals surface area (Å²) in [6.45, 7) is 3.89. The van der Waals surface area contributed by atoms with Crippen LogP contribution in [0.25, 0.3) is 0 Å². The molecule has 3 nitrogen and oxygen atoms in total. The van der Waals surface area contributed by atoms with Gasteiger partial charge in [-0.25, -0.2) is 4.98 Å². The van der Waals surface area contributed by atoms with E-state index in [1.165, 1.54) is 5.56 Å². The Balaban J connectivity index is 2.08. The molecular weight excluding hydrogens is 278 g/mol. The molecule has 0 fully saturated rings. The standard InChI is InChI=1S/C13H14BrN3/c1-9-10(2)16-17-13(15-9)8-7-11-5-3-4-6-12(11)14/h3-6H,7-8H2,1-2H3. The first-order valence-corrected chi connectivity index (χ1v) is 6.36. The van der Waals surface area contributed by atoms with Gasteiger partial charge < -0.3 is 0 Å². The minimum absolute atomic E-state index is 0.809. The van der Waals surface area contributed by atoms with Crippen LogP contribution >= 0.6 is 15.9 Å². The lowest BCUT2D eigenvalue weighted by atomic mass is 10.1. The summed E-state index contributed by atoms with van der Waals surface area (Å²) in [6, 6.07) is 8.22. The van der Waals surface area contributed by atoms with E-state index in [9.17, 15) is 0 Å². The Bertz CT molecular complexity index is 526. The van der Waals surface area contributed by atoms with Gasteiger partial charge in [-0.05, 0) is 31.9 Å². The summed E-state index contributed by atoms with van der Waals surface area (Å²) in [4.78, 5) is 4.43. The largest absolute Gasteiger partial charge is 0.234 e. The smallest absolute Gasteiger partial charge is 0.151 e. The number of hydrogen-bond donors (Lipinski definition) is 0. The van der Waals surface area contributed by atoms with E-state index in [0.717, 1.165) is 34.5 Å². The van der Waals surface area contributed by atoms with Crippen molar-refractivity contribution in [2.24, 2.45) is 0 Å². The fraction of sp³-hybridized carbons (Fsp3) is 0.308. The van der Waals surface area contributed by atoms with Crippen molar-refractivity contribution < 1.29 is 0 Å². The fourth-order valence-electron chi connectivity index (χ4n) is 1.56. The SMILES string of the molecule is Cc1nnc(CCc2ccccc2Br)nc1C. The van der Waals surface area contributed by atoms with Gasteiger partial charge in [0.1, 0.15) is 0 Å². The van der Waals surface area contributed by atoms with E-state index in [4.69, 9.17) is 0 Å². The highest BCUT2D eigenvalue weighted by atomic mass is 79.9. The zero-order valence-corrected chi connectivity index (χ0v) is 11.5. The molecule has 88 valence electrons. The normalized spacial score (nSPS) is 10.5. The number of aryl methyl sites for hydroxylation is 4. The van der Waals surface area contributed by atoms with Crippen LogP contribution in [0.15, 0.2) is 28.7 Å². The van der Waals surface area contributed by atoms with E-state index in [1.54, 1.807) is 0 Å². The lowest BCUT2D eigenvalue weighted by Crippen LogP contribution is -2.04. The second kappa shape index (κ2) is 5.36. The maximum atomic E-state index is 4.43. The number of rotatable bonds is 3. The van der Waals surface area contributed by atoms with Crippen molar-refractivity contribution in [3.8, 4) is 0 Å². The van der Waals surface area contributed by atoms with Gasteiger partial charge in [0.25, 0.3) is 0 Å². The van der Waals surface area contributed by atoms with E-state index >= 15 is 0 Å². The van der Waals surface area contributed by atoms with Gasteiger partial charge in [-0.1, -0.05) is 34.1 Å². The Morgan fingerprint density at radius 1 is 1.00 bits per heavy atom. The van der Waals surface area contributed by atoms with Gasteiger partial charge in [0, 0.05) is 10.9 Å². The lowest BCUT2D eigenvalue weighted by Gasteiger charge is -2.04. The molecule has 0 aliphatic heterocycles. The highest BCUT2D eigenvalue weighted by molar-refractivity contribution is 9.10. The third-order valence-electron chi connectivity index (χ3n) is 2.71. The van der Waals surface area contributed by atoms with Gasteiger partial charge in [-0.3, -0.25) is 0 Å². The van der Waals surface area contributed by atoms with Gasteiger partial charge in [0.05, 0.1) is 11.4 Å². The van der Waals surface area contributed by atoms with Crippen LogP contribution in [0.3, 0.4) is 0 Å². The molecule has 0 bridgehead atoms. The predicted molar refractivity (Wildman–Crippen MR) is 70.9 cm³/mol. The van der Waals surface area contributed by atoms with Gasteiger partial charge in [0.2, 0.25) is 0 Å². The summed E-state index contributed by atoms with van der Waals surface area (Å²) in [5.41, 5.74) is 3.13. The molecule has 0 N–H and O–H groups in total. The molecule has 2 aromatic rings. The lowest BCUT2D eigenvalue weighted by molar-refractivity contribution is 0.771.